The molecule has 0 bridgehead atoms. The van der Waals surface area contributed by atoms with Crippen molar-refractivity contribution in [3.8, 4) is 5.75 Å². The van der Waals surface area contributed by atoms with Gasteiger partial charge in [0.05, 0.1) is 6.04 Å². The number of phenolic OH excluding ortho intramolecular Hbond substituents is 1. The maximum absolute atomic E-state index is 12.3. The van der Waals surface area contributed by atoms with E-state index in [0.29, 0.717) is 6.42 Å². The lowest BCUT2D eigenvalue weighted by molar-refractivity contribution is -0.143. The minimum absolute atomic E-state index is 0.101. The summed E-state index contributed by atoms with van der Waals surface area (Å²) in [5.74, 6) is -3.12. The number of hydrogen-bond donors (Lipinski definition) is 6. The Bertz CT molecular complexity index is 783. The van der Waals surface area contributed by atoms with E-state index in [2.05, 4.69) is 16.0 Å². The van der Waals surface area contributed by atoms with Gasteiger partial charge in [0.15, 0.2) is 0 Å². The number of hydrogen-bond acceptors (Lipinski definition) is 6. The summed E-state index contributed by atoms with van der Waals surface area (Å²) in [4.78, 5) is 48.2. The zero-order valence-electron chi connectivity index (χ0n) is 18.2. The fourth-order valence-electron chi connectivity index (χ4n) is 2.73. The minimum atomic E-state index is -1.15. The van der Waals surface area contributed by atoms with Crippen molar-refractivity contribution < 1.29 is 29.4 Å². The first-order valence-corrected chi connectivity index (χ1v) is 10.1. The fourth-order valence-corrected chi connectivity index (χ4v) is 2.73. The Balaban J connectivity index is 2.57. The molecule has 0 saturated carbocycles. The number of carbonyl (C=O) groups excluding carboxylic acids is 3. The van der Waals surface area contributed by atoms with E-state index in [1.807, 2.05) is 6.92 Å². The summed E-state index contributed by atoms with van der Waals surface area (Å²) in [7, 11) is 0. The Morgan fingerprint density at radius 3 is 1.87 bits per heavy atom. The van der Waals surface area contributed by atoms with Gasteiger partial charge in [-0.15, -0.1) is 0 Å². The molecule has 0 aliphatic rings. The number of carboxylic acid groups (broad SMARTS) is 1. The molecule has 0 aliphatic heterocycles. The molecule has 0 heterocycles. The average Bonchev–Trinajstić information content (AvgIpc) is 2.72. The molecule has 172 valence electrons. The van der Waals surface area contributed by atoms with Crippen molar-refractivity contribution in [2.24, 2.45) is 11.7 Å². The Kier molecular flexibility index (Phi) is 9.94. The summed E-state index contributed by atoms with van der Waals surface area (Å²) in [5.41, 5.74) is 6.63. The van der Waals surface area contributed by atoms with E-state index >= 15 is 0 Å². The van der Waals surface area contributed by atoms with Crippen molar-refractivity contribution in [2.45, 2.75) is 64.7 Å². The van der Waals surface area contributed by atoms with Gasteiger partial charge < -0.3 is 31.9 Å². The van der Waals surface area contributed by atoms with Crippen molar-refractivity contribution >= 4 is 23.7 Å². The first kappa shape index (κ1) is 25.9. The minimum Gasteiger partial charge on any atom is -0.508 e. The molecule has 0 fully saturated rings. The number of carbonyl (C=O) groups is 4. The highest BCUT2D eigenvalue weighted by Crippen LogP contribution is 2.11. The first-order chi connectivity index (χ1) is 14.5. The van der Waals surface area contributed by atoms with Gasteiger partial charge in [-0.3, -0.25) is 14.4 Å². The molecule has 1 aromatic rings. The van der Waals surface area contributed by atoms with Gasteiger partial charge in [0.2, 0.25) is 17.7 Å². The monoisotopic (exact) mass is 436 g/mol. The van der Waals surface area contributed by atoms with Crippen LogP contribution >= 0.6 is 0 Å². The largest absolute Gasteiger partial charge is 0.508 e. The number of rotatable bonds is 11. The normalized spacial score (nSPS) is 15.6. The van der Waals surface area contributed by atoms with Gasteiger partial charge in [-0.1, -0.05) is 32.4 Å². The lowest BCUT2D eigenvalue weighted by Gasteiger charge is -2.24. The Labute approximate surface area is 181 Å². The second-order valence-electron chi connectivity index (χ2n) is 7.65. The quantitative estimate of drug-likeness (QED) is 0.281. The zero-order chi connectivity index (χ0) is 23.7. The Hall–Kier alpha value is -3.14. The number of carboxylic acids is 1. The second-order valence-corrected chi connectivity index (χ2v) is 7.65. The lowest BCUT2D eigenvalue weighted by atomic mass is 9.99. The number of aromatic hydroxyl groups is 1. The highest BCUT2D eigenvalue weighted by Gasteiger charge is 2.29. The maximum atomic E-state index is 12.3. The summed E-state index contributed by atoms with van der Waals surface area (Å²) in [6.45, 7) is 6.40. The summed E-state index contributed by atoms with van der Waals surface area (Å²) in [6, 6.07) is 2.32. The summed E-state index contributed by atoms with van der Waals surface area (Å²) >= 11 is 0. The summed E-state index contributed by atoms with van der Waals surface area (Å²) in [5, 5.41) is 25.9. The number of nitrogens with two attached hydrogens (primary N) is 1. The molecule has 5 atom stereocenters. The van der Waals surface area contributed by atoms with Crippen LogP contribution in [0.2, 0.25) is 0 Å². The molecule has 10 heteroatoms. The second kappa shape index (κ2) is 11.9. The molecule has 31 heavy (non-hydrogen) atoms. The van der Waals surface area contributed by atoms with Crippen molar-refractivity contribution in [1.29, 1.82) is 0 Å². The number of nitrogens with one attached hydrogen (secondary N) is 3. The Morgan fingerprint density at radius 1 is 0.903 bits per heavy atom. The number of amides is 3. The Morgan fingerprint density at radius 2 is 1.39 bits per heavy atom. The van der Waals surface area contributed by atoms with Gasteiger partial charge in [-0.2, -0.15) is 0 Å². The molecular weight excluding hydrogens is 404 g/mol. The highest BCUT2D eigenvalue weighted by atomic mass is 16.4. The molecule has 0 aromatic heterocycles. The SMILES string of the molecule is CC[C@H](C)[C@H](NC(=O)[C@H](C)NC(=O)[C@H](C)NC(=O)[C@@H](N)Cc1ccc(O)cc1)C(=O)O. The molecule has 10 nitrogen and oxygen atoms in total. The van der Waals surface area contributed by atoms with Crippen LogP contribution in [0.5, 0.6) is 5.75 Å². The van der Waals surface area contributed by atoms with Crippen LogP contribution in [0, 0.1) is 5.92 Å². The van der Waals surface area contributed by atoms with Gasteiger partial charge in [0, 0.05) is 0 Å². The summed E-state index contributed by atoms with van der Waals surface area (Å²) in [6.07, 6.45) is 0.775. The molecule has 7 N–H and O–H groups in total. The van der Waals surface area contributed by atoms with Crippen molar-refractivity contribution in [1.82, 2.24) is 16.0 Å². The van der Waals surface area contributed by atoms with E-state index in [9.17, 15) is 29.4 Å². The van der Waals surface area contributed by atoms with Gasteiger partial charge in [-0.25, -0.2) is 4.79 Å². The van der Waals surface area contributed by atoms with E-state index in [4.69, 9.17) is 5.73 Å². The molecule has 0 saturated heterocycles. The van der Waals surface area contributed by atoms with E-state index in [-0.39, 0.29) is 18.1 Å². The first-order valence-electron chi connectivity index (χ1n) is 10.1. The van der Waals surface area contributed by atoms with Crippen LogP contribution in [0.4, 0.5) is 0 Å². The molecule has 3 amide bonds. The van der Waals surface area contributed by atoms with Crippen LogP contribution in [0.1, 0.15) is 39.7 Å². The van der Waals surface area contributed by atoms with Crippen LogP contribution in [0.15, 0.2) is 24.3 Å². The average molecular weight is 437 g/mol. The van der Waals surface area contributed by atoms with Crippen molar-refractivity contribution in [3.05, 3.63) is 29.8 Å². The third kappa shape index (κ3) is 8.25. The van der Waals surface area contributed by atoms with Gasteiger partial charge in [0.1, 0.15) is 23.9 Å². The molecule has 1 rings (SSSR count). The highest BCUT2D eigenvalue weighted by molar-refractivity contribution is 5.93. The smallest absolute Gasteiger partial charge is 0.326 e. The predicted molar refractivity (Wildman–Crippen MR) is 114 cm³/mol. The van der Waals surface area contributed by atoms with Crippen LogP contribution in [0.25, 0.3) is 0 Å². The summed E-state index contributed by atoms with van der Waals surface area (Å²) < 4.78 is 0. The van der Waals surface area contributed by atoms with Gasteiger partial charge >= 0.3 is 5.97 Å². The lowest BCUT2D eigenvalue weighted by Crippen LogP contribution is -2.56. The van der Waals surface area contributed by atoms with E-state index in [1.54, 1.807) is 19.1 Å². The maximum Gasteiger partial charge on any atom is 0.326 e. The van der Waals surface area contributed by atoms with Crippen LogP contribution < -0.4 is 21.7 Å². The number of phenols is 1. The standard InChI is InChI=1S/C21H32N4O6/c1-5-11(2)17(21(30)31)25-19(28)13(4)23-18(27)12(3)24-20(29)16(22)10-14-6-8-15(26)9-7-14/h6-9,11-13,16-17,26H,5,10,22H2,1-4H3,(H,23,27)(H,24,29)(H,25,28)(H,30,31)/t11-,12-,13-,16-,17-/m0/s1. The van der Waals surface area contributed by atoms with Crippen molar-refractivity contribution in [3.63, 3.8) is 0 Å². The van der Waals surface area contributed by atoms with Crippen molar-refractivity contribution in [2.75, 3.05) is 0 Å². The van der Waals surface area contributed by atoms with E-state index < -0.39 is 47.9 Å². The number of benzene rings is 1. The third-order valence-corrected chi connectivity index (χ3v) is 5.01. The molecule has 0 radical (unpaired) electrons. The molecule has 0 aliphatic carbocycles. The van der Waals surface area contributed by atoms with Crippen LogP contribution in [0.3, 0.4) is 0 Å². The van der Waals surface area contributed by atoms with E-state index in [0.717, 1.165) is 5.56 Å². The van der Waals surface area contributed by atoms with E-state index in [1.165, 1.54) is 26.0 Å². The topological polar surface area (TPSA) is 171 Å². The van der Waals surface area contributed by atoms with Gasteiger partial charge in [-0.05, 0) is 43.9 Å². The van der Waals surface area contributed by atoms with Crippen LogP contribution in [-0.2, 0) is 25.6 Å². The third-order valence-electron chi connectivity index (χ3n) is 5.01. The predicted octanol–water partition coefficient (Wildman–Crippen LogP) is -0.113. The fraction of sp³-hybridized carbons (Fsp3) is 0.524. The molecule has 0 spiro atoms. The zero-order valence-corrected chi connectivity index (χ0v) is 18.2. The molecular formula is C21H32N4O6. The molecule has 0 unspecified atom stereocenters. The van der Waals surface area contributed by atoms with Crippen LogP contribution in [-0.4, -0.2) is 58.1 Å². The van der Waals surface area contributed by atoms with Gasteiger partial charge in [0.25, 0.3) is 0 Å². The molecule has 1 aromatic carbocycles. The number of aliphatic carboxylic acids is 1.